The van der Waals surface area contributed by atoms with Gasteiger partial charge in [-0.25, -0.2) is 4.98 Å². The Labute approximate surface area is 156 Å². The van der Waals surface area contributed by atoms with Crippen LogP contribution >= 0.6 is 0 Å². The second kappa shape index (κ2) is 6.61. The van der Waals surface area contributed by atoms with Gasteiger partial charge in [-0.15, -0.1) is 0 Å². The zero-order chi connectivity index (χ0) is 18.1. The summed E-state index contributed by atoms with van der Waals surface area (Å²) in [5.41, 5.74) is 4.04. The Morgan fingerprint density at radius 2 is 1.89 bits per heavy atom. The van der Waals surface area contributed by atoms with Crippen molar-refractivity contribution >= 4 is 27.7 Å². The molecule has 5 aromatic rings. The molecule has 2 N–H and O–H groups in total. The Morgan fingerprint density at radius 1 is 1.00 bits per heavy atom. The maximum absolute atomic E-state index is 5.89. The molecule has 0 amide bonds. The SMILES string of the molecule is c1ccc2oc(-c3cncc(NCCc4c[nH]c5ccccc45)n3)cc2c1. The highest BCUT2D eigenvalue weighted by Gasteiger charge is 2.09. The highest BCUT2D eigenvalue weighted by atomic mass is 16.3. The molecular formula is C22H18N4O. The van der Waals surface area contributed by atoms with Gasteiger partial charge in [0.1, 0.15) is 17.1 Å². The topological polar surface area (TPSA) is 66.7 Å². The third-order valence-corrected chi connectivity index (χ3v) is 4.69. The minimum absolute atomic E-state index is 0.725. The van der Waals surface area contributed by atoms with Gasteiger partial charge < -0.3 is 14.7 Å². The van der Waals surface area contributed by atoms with Crippen LogP contribution in [0, 0.1) is 0 Å². The molecule has 0 radical (unpaired) electrons. The molecule has 3 aromatic heterocycles. The molecule has 5 rings (SSSR count). The molecule has 5 heteroatoms. The minimum atomic E-state index is 0.725. The van der Waals surface area contributed by atoms with Crippen LogP contribution in [0.15, 0.2) is 77.6 Å². The lowest BCUT2D eigenvalue weighted by atomic mass is 10.1. The maximum atomic E-state index is 5.89. The quantitative estimate of drug-likeness (QED) is 0.465. The molecular weight excluding hydrogens is 336 g/mol. The van der Waals surface area contributed by atoms with Gasteiger partial charge in [0.2, 0.25) is 0 Å². The number of fused-ring (bicyclic) bond motifs is 2. The molecule has 0 fully saturated rings. The minimum Gasteiger partial charge on any atom is -0.454 e. The van der Waals surface area contributed by atoms with Gasteiger partial charge in [0.05, 0.1) is 12.4 Å². The first-order valence-corrected chi connectivity index (χ1v) is 8.97. The summed E-state index contributed by atoms with van der Waals surface area (Å²) in [7, 11) is 0. The molecule has 27 heavy (non-hydrogen) atoms. The number of nitrogens with zero attached hydrogens (tertiary/aromatic N) is 2. The van der Waals surface area contributed by atoms with E-state index in [0.717, 1.165) is 41.2 Å². The lowest BCUT2D eigenvalue weighted by Crippen LogP contribution is -2.06. The predicted molar refractivity (Wildman–Crippen MR) is 108 cm³/mol. The molecule has 132 valence electrons. The highest BCUT2D eigenvalue weighted by Crippen LogP contribution is 2.26. The first-order valence-electron chi connectivity index (χ1n) is 8.97. The second-order valence-corrected chi connectivity index (χ2v) is 6.47. The number of benzene rings is 2. The second-order valence-electron chi connectivity index (χ2n) is 6.47. The van der Waals surface area contributed by atoms with Gasteiger partial charge in [-0.2, -0.15) is 0 Å². The van der Waals surface area contributed by atoms with E-state index in [1.807, 2.05) is 36.4 Å². The molecule has 0 bridgehead atoms. The number of hydrogen-bond donors (Lipinski definition) is 2. The lowest BCUT2D eigenvalue weighted by Gasteiger charge is -2.06. The van der Waals surface area contributed by atoms with E-state index in [1.54, 1.807) is 12.4 Å². The lowest BCUT2D eigenvalue weighted by molar-refractivity contribution is 0.628. The van der Waals surface area contributed by atoms with Crippen molar-refractivity contribution in [2.24, 2.45) is 0 Å². The van der Waals surface area contributed by atoms with Gasteiger partial charge in [-0.05, 0) is 30.2 Å². The Hall–Kier alpha value is -3.60. The number of hydrogen-bond acceptors (Lipinski definition) is 4. The van der Waals surface area contributed by atoms with Crippen LogP contribution in [0.25, 0.3) is 33.3 Å². The molecule has 5 nitrogen and oxygen atoms in total. The summed E-state index contributed by atoms with van der Waals surface area (Å²) in [5, 5.41) is 5.69. The van der Waals surface area contributed by atoms with Crippen LogP contribution in [0.2, 0.25) is 0 Å². The van der Waals surface area contributed by atoms with E-state index in [0.29, 0.717) is 0 Å². The van der Waals surface area contributed by atoms with Crippen molar-refractivity contribution in [3.8, 4) is 11.5 Å². The third kappa shape index (κ3) is 3.04. The molecule has 3 heterocycles. The van der Waals surface area contributed by atoms with Crippen LogP contribution in [-0.4, -0.2) is 21.5 Å². The number of anilines is 1. The summed E-state index contributed by atoms with van der Waals surface area (Å²) in [4.78, 5) is 12.3. The van der Waals surface area contributed by atoms with E-state index in [1.165, 1.54) is 16.5 Å². The fraction of sp³-hybridized carbons (Fsp3) is 0.0909. The molecule has 0 saturated heterocycles. The maximum Gasteiger partial charge on any atom is 0.155 e. The average Bonchev–Trinajstić information content (AvgIpc) is 3.33. The van der Waals surface area contributed by atoms with Crippen LogP contribution in [0.5, 0.6) is 0 Å². The van der Waals surface area contributed by atoms with Crippen LogP contribution in [-0.2, 0) is 6.42 Å². The number of H-pyrrole nitrogens is 1. The van der Waals surface area contributed by atoms with E-state index < -0.39 is 0 Å². The van der Waals surface area contributed by atoms with Gasteiger partial charge in [-0.3, -0.25) is 4.98 Å². The number of aromatic amines is 1. The first-order chi connectivity index (χ1) is 13.4. The number of nitrogens with one attached hydrogen (secondary N) is 2. The van der Waals surface area contributed by atoms with E-state index in [2.05, 4.69) is 44.7 Å². The van der Waals surface area contributed by atoms with Crippen LogP contribution in [0.1, 0.15) is 5.56 Å². The zero-order valence-corrected chi connectivity index (χ0v) is 14.6. The molecule has 0 spiro atoms. The smallest absolute Gasteiger partial charge is 0.155 e. The van der Waals surface area contributed by atoms with E-state index in [4.69, 9.17) is 4.42 Å². The largest absolute Gasteiger partial charge is 0.454 e. The third-order valence-electron chi connectivity index (χ3n) is 4.69. The van der Waals surface area contributed by atoms with Crippen LogP contribution in [0.4, 0.5) is 5.82 Å². The standard InChI is InChI=1S/C22H18N4O/c1-4-8-20-15(5-1)11-21(27-20)19-13-23-14-22(26-19)24-10-9-16-12-25-18-7-3-2-6-17(16)18/h1-8,11-14,25H,9-10H2,(H,24,26). The molecule has 0 atom stereocenters. The van der Waals surface area contributed by atoms with E-state index >= 15 is 0 Å². The fourth-order valence-electron chi connectivity index (χ4n) is 3.34. The normalized spacial score (nSPS) is 11.3. The fourth-order valence-corrected chi connectivity index (χ4v) is 3.34. The summed E-state index contributed by atoms with van der Waals surface area (Å²) in [6, 6.07) is 18.3. The number of aromatic nitrogens is 3. The molecule has 0 aliphatic rings. The summed E-state index contributed by atoms with van der Waals surface area (Å²) in [6.07, 6.45) is 6.44. The Kier molecular flexibility index (Phi) is 3.83. The zero-order valence-electron chi connectivity index (χ0n) is 14.6. The Balaban J connectivity index is 1.32. The monoisotopic (exact) mass is 354 g/mol. The molecule has 0 aliphatic carbocycles. The van der Waals surface area contributed by atoms with Crippen molar-refractivity contribution in [2.45, 2.75) is 6.42 Å². The summed E-state index contributed by atoms with van der Waals surface area (Å²) >= 11 is 0. The van der Waals surface area contributed by atoms with Crippen molar-refractivity contribution in [1.82, 2.24) is 15.0 Å². The summed E-state index contributed by atoms with van der Waals surface area (Å²) in [5.74, 6) is 1.47. The van der Waals surface area contributed by atoms with Crippen molar-refractivity contribution < 1.29 is 4.42 Å². The molecule has 0 saturated carbocycles. The van der Waals surface area contributed by atoms with E-state index in [9.17, 15) is 0 Å². The Morgan fingerprint density at radius 3 is 2.85 bits per heavy atom. The van der Waals surface area contributed by atoms with Gasteiger partial charge in [0.15, 0.2) is 5.76 Å². The molecule has 0 aliphatic heterocycles. The van der Waals surface area contributed by atoms with Gasteiger partial charge >= 0.3 is 0 Å². The number of furan rings is 1. The Bertz CT molecular complexity index is 1190. The van der Waals surface area contributed by atoms with Gasteiger partial charge in [0.25, 0.3) is 0 Å². The average molecular weight is 354 g/mol. The van der Waals surface area contributed by atoms with Gasteiger partial charge in [0, 0.05) is 29.0 Å². The van der Waals surface area contributed by atoms with Crippen LogP contribution in [0.3, 0.4) is 0 Å². The number of para-hydroxylation sites is 2. The molecule has 0 unspecified atom stereocenters. The summed E-state index contributed by atoms with van der Waals surface area (Å²) in [6.45, 7) is 0.778. The van der Waals surface area contributed by atoms with Crippen molar-refractivity contribution in [1.29, 1.82) is 0 Å². The van der Waals surface area contributed by atoms with E-state index in [-0.39, 0.29) is 0 Å². The van der Waals surface area contributed by atoms with Crippen molar-refractivity contribution in [3.05, 3.63) is 78.8 Å². The first kappa shape index (κ1) is 15.6. The predicted octanol–water partition coefficient (Wildman–Crippen LogP) is 5.03. The van der Waals surface area contributed by atoms with Gasteiger partial charge in [-0.1, -0.05) is 36.4 Å². The van der Waals surface area contributed by atoms with Crippen LogP contribution < -0.4 is 5.32 Å². The van der Waals surface area contributed by atoms with Crippen molar-refractivity contribution in [2.75, 3.05) is 11.9 Å². The van der Waals surface area contributed by atoms with Crippen molar-refractivity contribution in [3.63, 3.8) is 0 Å². The summed E-state index contributed by atoms with van der Waals surface area (Å²) < 4.78 is 5.89. The highest BCUT2D eigenvalue weighted by molar-refractivity contribution is 5.83. The number of rotatable bonds is 5. The molecule has 2 aromatic carbocycles.